The van der Waals surface area contributed by atoms with Gasteiger partial charge in [0.25, 0.3) is 0 Å². The van der Waals surface area contributed by atoms with Crippen LogP contribution in [0, 0.1) is 0 Å². The minimum Gasteiger partial charge on any atom is -0.462 e. The number of carbonyl (C=O) groups excluding carboxylic acids is 2. The summed E-state index contributed by atoms with van der Waals surface area (Å²) in [4.78, 5) is 23.4. The van der Waals surface area contributed by atoms with Gasteiger partial charge in [-0.05, 0) is 35.0 Å². The van der Waals surface area contributed by atoms with Crippen molar-refractivity contribution in [3.63, 3.8) is 0 Å². The van der Waals surface area contributed by atoms with Crippen molar-refractivity contribution >= 4 is 54.8 Å². The Bertz CT molecular complexity index is 720. The average Bonchev–Trinajstić information content (AvgIpc) is 2.76. The fourth-order valence-electron chi connectivity index (χ4n) is 2.07. The molecule has 118 valence electrons. The van der Waals surface area contributed by atoms with Crippen molar-refractivity contribution in [2.45, 2.75) is 20.3 Å². The number of furan rings is 1. The van der Waals surface area contributed by atoms with E-state index in [2.05, 4.69) is 31.9 Å². The van der Waals surface area contributed by atoms with Gasteiger partial charge in [-0.1, -0.05) is 15.9 Å². The average molecular weight is 434 g/mol. The number of halogens is 2. The van der Waals surface area contributed by atoms with Gasteiger partial charge in [0.1, 0.15) is 22.7 Å². The maximum atomic E-state index is 12.2. The zero-order chi connectivity index (χ0) is 16.3. The summed E-state index contributed by atoms with van der Waals surface area (Å²) < 4.78 is 16.5. The summed E-state index contributed by atoms with van der Waals surface area (Å²) in [6, 6.07) is 3.28. The molecule has 0 aliphatic carbocycles. The highest BCUT2D eigenvalue weighted by Crippen LogP contribution is 2.36. The number of benzene rings is 1. The van der Waals surface area contributed by atoms with Gasteiger partial charge in [0.15, 0.2) is 0 Å². The highest BCUT2D eigenvalue weighted by atomic mass is 79.9. The molecule has 0 N–H and O–H groups in total. The van der Waals surface area contributed by atoms with Gasteiger partial charge < -0.3 is 13.9 Å². The molecule has 22 heavy (non-hydrogen) atoms. The minimum atomic E-state index is -0.451. The molecule has 0 atom stereocenters. The first-order valence-electron chi connectivity index (χ1n) is 6.64. The summed E-state index contributed by atoms with van der Waals surface area (Å²) in [7, 11) is 0. The van der Waals surface area contributed by atoms with E-state index in [0.717, 1.165) is 0 Å². The van der Waals surface area contributed by atoms with Crippen molar-refractivity contribution in [1.29, 1.82) is 0 Å². The summed E-state index contributed by atoms with van der Waals surface area (Å²) in [6.07, 6.45) is 0.545. The molecule has 0 spiro atoms. The van der Waals surface area contributed by atoms with E-state index in [1.54, 1.807) is 19.1 Å². The maximum absolute atomic E-state index is 12.2. The lowest BCUT2D eigenvalue weighted by atomic mass is 10.1. The largest absolute Gasteiger partial charge is 0.462 e. The molecular weight excluding hydrogens is 420 g/mol. The van der Waals surface area contributed by atoms with Crippen LogP contribution in [0.3, 0.4) is 0 Å². The molecule has 0 fully saturated rings. The zero-order valence-corrected chi connectivity index (χ0v) is 15.2. The quantitative estimate of drug-likeness (QED) is 0.401. The number of fused-ring (bicyclic) bond motifs is 1. The predicted octanol–water partition coefficient (Wildman–Crippen LogP) is 4.23. The van der Waals surface area contributed by atoms with Gasteiger partial charge in [0.2, 0.25) is 0 Å². The fourth-order valence-corrected chi connectivity index (χ4v) is 2.83. The number of alkyl halides is 1. The molecule has 0 unspecified atom stereocenters. The molecule has 1 heterocycles. The van der Waals surface area contributed by atoms with Crippen LogP contribution in [0.25, 0.3) is 11.0 Å². The second-order valence-corrected chi connectivity index (χ2v) is 6.08. The van der Waals surface area contributed by atoms with Crippen LogP contribution in [0.1, 0.15) is 30.0 Å². The third-order valence-electron chi connectivity index (χ3n) is 2.87. The van der Waals surface area contributed by atoms with Crippen molar-refractivity contribution in [1.82, 2.24) is 0 Å². The summed E-state index contributed by atoms with van der Waals surface area (Å²) in [5.74, 6) is -0.0239. The van der Waals surface area contributed by atoms with Crippen LogP contribution in [0.4, 0.5) is 0 Å². The SMILES string of the molecule is CCOC(=O)c1c(CCBr)oc2cc(Br)c(OC(C)=O)cc12. The molecule has 0 saturated heterocycles. The molecule has 0 radical (unpaired) electrons. The lowest BCUT2D eigenvalue weighted by Gasteiger charge is -2.05. The second kappa shape index (κ2) is 7.28. The van der Waals surface area contributed by atoms with Crippen LogP contribution < -0.4 is 4.74 Å². The number of aryl methyl sites for hydroxylation is 1. The molecule has 0 amide bonds. The standard InChI is InChI=1S/C15H14Br2O5/c1-3-20-15(19)14-9-6-13(21-8(2)18)10(17)7-12(9)22-11(14)4-5-16/h6-7H,3-5H2,1-2H3. The molecule has 7 heteroatoms. The normalized spacial score (nSPS) is 10.7. The van der Waals surface area contributed by atoms with Crippen LogP contribution in [0.5, 0.6) is 5.75 Å². The third kappa shape index (κ3) is 3.52. The van der Waals surface area contributed by atoms with E-state index in [9.17, 15) is 9.59 Å². The molecule has 2 aromatic rings. The van der Waals surface area contributed by atoms with Gasteiger partial charge in [0, 0.05) is 24.1 Å². The first kappa shape index (κ1) is 17.0. The molecule has 1 aromatic carbocycles. The first-order valence-corrected chi connectivity index (χ1v) is 8.55. The van der Waals surface area contributed by atoms with Gasteiger partial charge in [-0.25, -0.2) is 4.79 Å². The Morgan fingerprint density at radius 1 is 1.32 bits per heavy atom. The van der Waals surface area contributed by atoms with E-state index in [1.165, 1.54) is 6.92 Å². The van der Waals surface area contributed by atoms with Crippen LogP contribution in [0.15, 0.2) is 21.0 Å². The topological polar surface area (TPSA) is 65.7 Å². The third-order valence-corrected chi connectivity index (χ3v) is 3.89. The smallest absolute Gasteiger partial charge is 0.342 e. The predicted molar refractivity (Wildman–Crippen MR) is 88.7 cm³/mol. The summed E-state index contributed by atoms with van der Waals surface area (Å²) in [5.41, 5.74) is 0.902. The Balaban J connectivity index is 2.63. The molecule has 0 bridgehead atoms. The van der Waals surface area contributed by atoms with Gasteiger partial charge in [-0.3, -0.25) is 4.79 Å². The lowest BCUT2D eigenvalue weighted by Crippen LogP contribution is -2.07. The van der Waals surface area contributed by atoms with Crippen molar-refractivity contribution in [3.05, 3.63) is 27.9 Å². The molecule has 0 saturated carbocycles. The van der Waals surface area contributed by atoms with Gasteiger partial charge in [0.05, 0.1) is 11.1 Å². The minimum absolute atomic E-state index is 0.270. The number of rotatable bonds is 5. The van der Waals surface area contributed by atoms with E-state index in [0.29, 0.717) is 44.3 Å². The molecule has 1 aromatic heterocycles. The fraction of sp³-hybridized carbons (Fsp3) is 0.333. The maximum Gasteiger partial charge on any atom is 0.342 e. The Labute approximate surface area is 144 Å². The molecule has 0 aliphatic rings. The van der Waals surface area contributed by atoms with E-state index in [4.69, 9.17) is 13.9 Å². The highest BCUT2D eigenvalue weighted by molar-refractivity contribution is 9.10. The van der Waals surface area contributed by atoms with Crippen LogP contribution in [0.2, 0.25) is 0 Å². The molecule has 2 rings (SSSR count). The van der Waals surface area contributed by atoms with Crippen LogP contribution in [-0.4, -0.2) is 23.9 Å². The van der Waals surface area contributed by atoms with E-state index >= 15 is 0 Å². The van der Waals surface area contributed by atoms with E-state index < -0.39 is 11.9 Å². The number of hydrogen-bond acceptors (Lipinski definition) is 5. The highest BCUT2D eigenvalue weighted by Gasteiger charge is 2.23. The van der Waals surface area contributed by atoms with Crippen LogP contribution >= 0.6 is 31.9 Å². The van der Waals surface area contributed by atoms with Gasteiger partial charge in [-0.15, -0.1) is 0 Å². The number of hydrogen-bond donors (Lipinski definition) is 0. The number of ether oxygens (including phenoxy) is 2. The monoisotopic (exact) mass is 432 g/mol. The van der Waals surface area contributed by atoms with Crippen molar-refractivity contribution in [2.24, 2.45) is 0 Å². The first-order chi connectivity index (χ1) is 10.5. The number of carbonyl (C=O) groups is 2. The van der Waals surface area contributed by atoms with Crippen molar-refractivity contribution < 1.29 is 23.5 Å². The Kier molecular flexibility index (Phi) is 5.63. The van der Waals surface area contributed by atoms with Gasteiger partial charge >= 0.3 is 11.9 Å². The summed E-state index contributed by atoms with van der Waals surface area (Å²) in [5, 5.41) is 1.21. The van der Waals surface area contributed by atoms with Crippen molar-refractivity contribution in [2.75, 3.05) is 11.9 Å². The zero-order valence-electron chi connectivity index (χ0n) is 12.1. The second-order valence-electron chi connectivity index (χ2n) is 4.43. The van der Waals surface area contributed by atoms with E-state index in [1.807, 2.05) is 0 Å². The molecule has 5 nitrogen and oxygen atoms in total. The summed E-state index contributed by atoms with van der Waals surface area (Å²) in [6.45, 7) is 3.33. The molecule has 0 aliphatic heterocycles. The van der Waals surface area contributed by atoms with Gasteiger partial charge in [-0.2, -0.15) is 0 Å². The van der Waals surface area contributed by atoms with E-state index in [-0.39, 0.29) is 6.61 Å². The Morgan fingerprint density at radius 2 is 2.05 bits per heavy atom. The molecular formula is C15H14Br2O5. The van der Waals surface area contributed by atoms with Crippen molar-refractivity contribution in [3.8, 4) is 5.75 Å². The summed E-state index contributed by atoms with van der Waals surface area (Å²) >= 11 is 6.66. The lowest BCUT2D eigenvalue weighted by molar-refractivity contribution is -0.131. The Morgan fingerprint density at radius 3 is 2.64 bits per heavy atom. The van der Waals surface area contributed by atoms with Crippen LogP contribution in [-0.2, 0) is 16.0 Å². The Hall–Kier alpha value is -1.34. The number of esters is 2.